The van der Waals surface area contributed by atoms with Gasteiger partial charge >= 0.3 is 0 Å². The molecule has 1 aromatic heterocycles. The quantitative estimate of drug-likeness (QED) is 0.692. The molecule has 1 heterocycles. The van der Waals surface area contributed by atoms with Crippen molar-refractivity contribution in [2.75, 3.05) is 0 Å². The number of hydrogen-bond donors (Lipinski definition) is 0. The zero-order valence-corrected chi connectivity index (χ0v) is 8.58. The maximum atomic E-state index is 4.45. The molecule has 1 fully saturated rings. The zero-order valence-electron chi connectivity index (χ0n) is 8.58. The Hall–Kier alpha value is -0.790. The third kappa shape index (κ3) is 1.77. The highest BCUT2D eigenvalue weighted by Crippen LogP contribution is 2.31. The standard InChI is InChI=1S/C11H18N2/c1-3-10-7-12-13(11(10)4-2)8-9-5-6-9/h7,9H,3-6,8H2,1-2H3. The summed E-state index contributed by atoms with van der Waals surface area (Å²) >= 11 is 0. The first-order valence-electron chi connectivity index (χ1n) is 5.38. The summed E-state index contributed by atoms with van der Waals surface area (Å²) in [4.78, 5) is 0. The van der Waals surface area contributed by atoms with Crippen LogP contribution in [-0.4, -0.2) is 9.78 Å². The highest BCUT2D eigenvalue weighted by molar-refractivity contribution is 5.17. The Bertz CT molecular complexity index is 284. The highest BCUT2D eigenvalue weighted by Gasteiger charge is 2.23. The number of hydrogen-bond acceptors (Lipinski definition) is 1. The fourth-order valence-corrected chi connectivity index (χ4v) is 1.86. The van der Waals surface area contributed by atoms with E-state index in [9.17, 15) is 0 Å². The van der Waals surface area contributed by atoms with Gasteiger partial charge in [-0.15, -0.1) is 0 Å². The second-order valence-electron chi connectivity index (χ2n) is 3.95. The molecule has 0 spiro atoms. The molecule has 0 aliphatic heterocycles. The molecule has 0 N–H and O–H groups in total. The van der Waals surface area contributed by atoms with Gasteiger partial charge in [-0.3, -0.25) is 4.68 Å². The van der Waals surface area contributed by atoms with Crippen LogP contribution < -0.4 is 0 Å². The van der Waals surface area contributed by atoms with E-state index in [1.165, 1.54) is 24.1 Å². The van der Waals surface area contributed by atoms with Crippen molar-refractivity contribution in [1.29, 1.82) is 0 Å². The van der Waals surface area contributed by atoms with Crippen LogP contribution in [0.2, 0.25) is 0 Å². The molecule has 72 valence electrons. The molecule has 0 atom stereocenters. The van der Waals surface area contributed by atoms with Crippen LogP contribution >= 0.6 is 0 Å². The van der Waals surface area contributed by atoms with E-state index >= 15 is 0 Å². The summed E-state index contributed by atoms with van der Waals surface area (Å²) < 4.78 is 2.22. The first kappa shape index (κ1) is 8.79. The molecule has 1 aromatic rings. The first-order chi connectivity index (χ1) is 6.35. The fraction of sp³-hybridized carbons (Fsp3) is 0.727. The lowest BCUT2D eigenvalue weighted by atomic mass is 10.1. The summed E-state index contributed by atoms with van der Waals surface area (Å²) in [6, 6.07) is 0. The molecule has 2 rings (SSSR count). The van der Waals surface area contributed by atoms with Crippen LogP contribution in [0.1, 0.15) is 37.9 Å². The maximum absolute atomic E-state index is 4.45. The smallest absolute Gasteiger partial charge is 0.0524 e. The molecule has 1 saturated carbocycles. The Morgan fingerprint density at radius 3 is 2.69 bits per heavy atom. The monoisotopic (exact) mass is 178 g/mol. The third-order valence-corrected chi connectivity index (χ3v) is 2.88. The molecule has 0 saturated heterocycles. The van der Waals surface area contributed by atoms with E-state index in [0.29, 0.717) is 0 Å². The predicted octanol–water partition coefficient (Wildman–Crippen LogP) is 2.42. The van der Waals surface area contributed by atoms with Gasteiger partial charge in [-0.2, -0.15) is 5.10 Å². The summed E-state index contributed by atoms with van der Waals surface area (Å²) in [6.07, 6.45) is 7.10. The van der Waals surface area contributed by atoms with Crippen LogP contribution in [0.25, 0.3) is 0 Å². The fourth-order valence-electron chi connectivity index (χ4n) is 1.86. The van der Waals surface area contributed by atoms with Crippen molar-refractivity contribution in [3.63, 3.8) is 0 Å². The lowest BCUT2D eigenvalue weighted by molar-refractivity contribution is 0.541. The van der Waals surface area contributed by atoms with Crippen LogP contribution in [0.5, 0.6) is 0 Å². The van der Waals surface area contributed by atoms with E-state index in [-0.39, 0.29) is 0 Å². The van der Waals surface area contributed by atoms with Gasteiger partial charge in [-0.25, -0.2) is 0 Å². The largest absolute Gasteiger partial charge is 0.269 e. The average Bonchev–Trinajstić information content (AvgIpc) is 2.85. The summed E-state index contributed by atoms with van der Waals surface area (Å²) in [5, 5.41) is 4.45. The lowest BCUT2D eigenvalue weighted by Gasteiger charge is -2.05. The molecular formula is C11H18N2. The molecule has 13 heavy (non-hydrogen) atoms. The Kier molecular flexibility index (Phi) is 2.38. The third-order valence-electron chi connectivity index (χ3n) is 2.88. The lowest BCUT2D eigenvalue weighted by Crippen LogP contribution is -2.06. The maximum Gasteiger partial charge on any atom is 0.0524 e. The number of aryl methyl sites for hydroxylation is 1. The normalized spacial score (nSPS) is 16.5. The van der Waals surface area contributed by atoms with Crippen LogP contribution in [0, 0.1) is 5.92 Å². The van der Waals surface area contributed by atoms with E-state index in [0.717, 1.165) is 25.3 Å². The van der Waals surface area contributed by atoms with E-state index in [1.807, 2.05) is 6.20 Å². The molecule has 2 nitrogen and oxygen atoms in total. The molecule has 0 bridgehead atoms. The van der Waals surface area contributed by atoms with E-state index < -0.39 is 0 Å². The summed E-state index contributed by atoms with van der Waals surface area (Å²) in [5.41, 5.74) is 2.89. The Labute approximate surface area is 80.0 Å². The van der Waals surface area contributed by atoms with Gasteiger partial charge in [0.25, 0.3) is 0 Å². The van der Waals surface area contributed by atoms with Crippen molar-refractivity contribution in [2.45, 2.75) is 46.1 Å². The molecule has 0 amide bonds. The number of nitrogens with zero attached hydrogens (tertiary/aromatic N) is 2. The minimum absolute atomic E-state index is 0.926. The van der Waals surface area contributed by atoms with Crippen LogP contribution in [0.15, 0.2) is 6.20 Å². The van der Waals surface area contributed by atoms with Gasteiger partial charge in [0.1, 0.15) is 0 Å². The Balaban J connectivity index is 2.17. The van der Waals surface area contributed by atoms with Crippen molar-refractivity contribution in [1.82, 2.24) is 9.78 Å². The molecule has 2 heteroatoms. The molecule has 1 aliphatic rings. The summed E-state index contributed by atoms with van der Waals surface area (Å²) in [7, 11) is 0. The molecule has 0 unspecified atom stereocenters. The molecule has 0 radical (unpaired) electrons. The van der Waals surface area contributed by atoms with Gasteiger partial charge in [0.2, 0.25) is 0 Å². The van der Waals surface area contributed by atoms with Crippen molar-refractivity contribution in [2.24, 2.45) is 5.92 Å². The molecular weight excluding hydrogens is 160 g/mol. The number of aromatic nitrogens is 2. The SMILES string of the molecule is CCc1cnn(CC2CC2)c1CC. The summed E-state index contributed by atoms with van der Waals surface area (Å²) in [5.74, 6) is 0.926. The summed E-state index contributed by atoms with van der Waals surface area (Å²) in [6.45, 7) is 5.58. The molecule has 1 aliphatic carbocycles. The van der Waals surface area contributed by atoms with Crippen LogP contribution in [0.4, 0.5) is 0 Å². The van der Waals surface area contributed by atoms with Gasteiger partial charge in [0, 0.05) is 12.2 Å². The second-order valence-corrected chi connectivity index (χ2v) is 3.95. The Morgan fingerprint density at radius 2 is 2.15 bits per heavy atom. The van der Waals surface area contributed by atoms with Crippen molar-refractivity contribution in [3.05, 3.63) is 17.5 Å². The topological polar surface area (TPSA) is 17.8 Å². The average molecular weight is 178 g/mol. The Morgan fingerprint density at radius 1 is 1.38 bits per heavy atom. The second kappa shape index (κ2) is 3.52. The zero-order chi connectivity index (χ0) is 9.26. The van der Waals surface area contributed by atoms with Crippen molar-refractivity contribution < 1.29 is 0 Å². The number of rotatable bonds is 4. The van der Waals surface area contributed by atoms with Crippen LogP contribution in [0.3, 0.4) is 0 Å². The molecule has 0 aromatic carbocycles. The van der Waals surface area contributed by atoms with Gasteiger partial charge in [0.05, 0.1) is 6.20 Å². The minimum atomic E-state index is 0.926. The first-order valence-corrected chi connectivity index (χ1v) is 5.38. The van der Waals surface area contributed by atoms with E-state index in [2.05, 4.69) is 23.6 Å². The van der Waals surface area contributed by atoms with Gasteiger partial charge < -0.3 is 0 Å². The minimum Gasteiger partial charge on any atom is -0.269 e. The predicted molar refractivity (Wildman–Crippen MR) is 53.7 cm³/mol. The van der Waals surface area contributed by atoms with Gasteiger partial charge in [-0.05, 0) is 37.2 Å². The van der Waals surface area contributed by atoms with Crippen molar-refractivity contribution >= 4 is 0 Å². The van der Waals surface area contributed by atoms with E-state index in [4.69, 9.17) is 0 Å². The van der Waals surface area contributed by atoms with Crippen LogP contribution in [-0.2, 0) is 19.4 Å². The van der Waals surface area contributed by atoms with Crippen molar-refractivity contribution in [3.8, 4) is 0 Å². The van der Waals surface area contributed by atoms with Gasteiger partial charge in [0.15, 0.2) is 0 Å². The highest BCUT2D eigenvalue weighted by atomic mass is 15.3. The van der Waals surface area contributed by atoms with Gasteiger partial charge in [-0.1, -0.05) is 13.8 Å². The van der Waals surface area contributed by atoms with E-state index in [1.54, 1.807) is 0 Å².